The van der Waals surface area contributed by atoms with Crippen LogP contribution >= 0.6 is 0 Å². The number of urea groups is 1. The van der Waals surface area contributed by atoms with Gasteiger partial charge in [0.15, 0.2) is 0 Å². The zero-order valence-corrected chi connectivity index (χ0v) is 11.4. The smallest absolute Gasteiger partial charge is 0.315 e. The van der Waals surface area contributed by atoms with Crippen LogP contribution in [0.25, 0.3) is 0 Å². The Hall–Kier alpha value is -1.98. The summed E-state index contributed by atoms with van der Waals surface area (Å²) in [7, 11) is 0. The van der Waals surface area contributed by atoms with Crippen LogP contribution in [0.2, 0.25) is 0 Å². The van der Waals surface area contributed by atoms with Gasteiger partial charge in [-0.3, -0.25) is 4.79 Å². The molecule has 0 spiro atoms. The van der Waals surface area contributed by atoms with Crippen LogP contribution in [0, 0.1) is 12.8 Å². The maximum atomic E-state index is 11.6. The Morgan fingerprint density at radius 3 is 2.58 bits per heavy atom. The third-order valence-corrected chi connectivity index (χ3v) is 2.89. The minimum atomic E-state index is -0.905. The average Bonchev–Trinajstić information content (AvgIpc) is 2.76. The van der Waals surface area contributed by atoms with Crippen molar-refractivity contribution in [2.24, 2.45) is 5.92 Å². The summed E-state index contributed by atoms with van der Waals surface area (Å²) in [5.74, 6) is -0.0247. The molecular weight excluding hydrogens is 248 g/mol. The number of hydrogen-bond donors (Lipinski definition) is 3. The van der Waals surface area contributed by atoms with E-state index >= 15 is 0 Å². The summed E-state index contributed by atoms with van der Waals surface area (Å²) >= 11 is 0. The first-order chi connectivity index (χ1) is 8.93. The molecule has 0 fully saturated rings. The van der Waals surface area contributed by atoms with E-state index in [9.17, 15) is 9.59 Å². The van der Waals surface area contributed by atoms with Crippen molar-refractivity contribution in [1.29, 1.82) is 0 Å². The van der Waals surface area contributed by atoms with Crippen molar-refractivity contribution in [2.45, 2.75) is 33.2 Å². The van der Waals surface area contributed by atoms with Crippen molar-refractivity contribution in [3.63, 3.8) is 0 Å². The normalized spacial score (nSPS) is 13.6. The number of aryl methyl sites for hydroxylation is 1. The van der Waals surface area contributed by atoms with Crippen molar-refractivity contribution in [3.05, 3.63) is 23.7 Å². The topological polar surface area (TPSA) is 91.6 Å². The van der Waals surface area contributed by atoms with Crippen LogP contribution in [0.4, 0.5) is 4.79 Å². The minimum Gasteiger partial charge on any atom is -0.481 e. The lowest BCUT2D eigenvalue weighted by Crippen LogP contribution is -2.40. The highest BCUT2D eigenvalue weighted by molar-refractivity contribution is 5.76. The van der Waals surface area contributed by atoms with Gasteiger partial charge in [-0.1, -0.05) is 6.92 Å². The van der Waals surface area contributed by atoms with Gasteiger partial charge in [0.25, 0.3) is 0 Å². The van der Waals surface area contributed by atoms with Crippen molar-refractivity contribution >= 4 is 12.0 Å². The van der Waals surface area contributed by atoms with Crippen molar-refractivity contribution in [1.82, 2.24) is 10.6 Å². The third-order valence-electron chi connectivity index (χ3n) is 2.89. The van der Waals surface area contributed by atoms with Crippen LogP contribution in [0.3, 0.4) is 0 Å². The fourth-order valence-electron chi connectivity index (χ4n) is 1.63. The van der Waals surface area contributed by atoms with Gasteiger partial charge >= 0.3 is 12.0 Å². The summed E-state index contributed by atoms with van der Waals surface area (Å²) in [5.41, 5.74) is 0. The minimum absolute atomic E-state index is 0.113. The molecule has 0 aliphatic rings. The lowest BCUT2D eigenvalue weighted by molar-refractivity contribution is -0.141. The maximum absolute atomic E-state index is 11.6. The van der Waals surface area contributed by atoms with E-state index in [0.29, 0.717) is 12.2 Å². The number of rotatable bonds is 6. The molecule has 1 rings (SSSR count). The summed E-state index contributed by atoms with van der Waals surface area (Å²) in [6.07, 6.45) is 0.475. The molecule has 0 bridgehead atoms. The third kappa shape index (κ3) is 4.65. The highest BCUT2D eigenvalue weighted by Crippen LogP contribution is 2.15. The molecular formula is C13H20N2O4. The quantitative estimate of drug-likeness (QED) is 0.736. The summed E-state index contributed by atoms with van der Waals surface area (Å²) in [5, 5.41) is 14.1. The molecule has 6 nitrogen and oxygen atoms in total. The van der Waals surface area contributed by atoms with Crippen LogP contribution in [0.5, 0.6) is 0 Å². The first-order valence-corrected chi connectivity index (χ1v) is 6.27. The molecule has 1 aromatic rings. The number of nitrogens with one attached hydrogen (secondary N) is 2. The van der Waals surface area contributed by atoms with Crippen LogP contribution in [0.15, 0.2) is 16.5 Å². The van der Waals surface area contributed by atoms with Gasteiger partial charge in [0, 0.05) is 6.54 Å². The molecule has 0 aromatic carbocycles. The van der Waals surface area contributed by atoms with Gasteiger partial charge in [-0.2, -0.15) is 0 Å². The van der Waals surface area contributed by atoms with Gasteiger partial charge in [0.05, 0.1) is 12.0 Å². The number of carbonyl (C=O) groups excluding carboxylic acids is 1. The number of furan rings is 1. The van der Waals surface area contributed by atoms with Gasteiger partial charge in [-0.25, -0.2) is 4.79 Å². The Kier molecular flexibility index (Phi) is 5.41. The highest BCUT2D eigenvalue weighted by atomic mass is 16.4. The maximum Gasteiger partial charge on any atom is 0.315 e. The van der Waals surface area contributed by atoms with E-state index in [0.717, 1.165) is 5.76 Å². The molecule has 6 heteroatoms. The predicted molar refractivity (Wildman–Crippen MR) is 69.8 cm³/mol. The molecule has 0 saturated heterocycles. The fraction of sp³-hybridized carbons (Fsp3) is 0.538. The van der Waals surface area contributed by atoms with Crippen molar-refractivity contribution in [2.75, 3.05) is 6.54 Å². The molecule has 19 heavy (non-hydrogen) atoms. The number of aliphatic carboxylic acids is 1. The van der Waals surface area contributed by atoms with Crippen LogP contribution in [0.1, 0.15) is 37.8 Å². The summed E-state index contributed by atoms with van der Waals surface area (Å²) < 4.78 is 5.39. The monoisotopic (exact) mass is 268 g/mol. The van der Waals surface area contributed by atoms with E-state index in [1.807, 2.05) is 13.0 Å². The van der Waals surface area contributed by atoms with E-state index in [-0.39, 0.29) is 12.6 Å². The first-order valence-electron chi connectivity index (χ1n) is 6.27. The van der Waals surface area contributed by atoms with Gasteiger partial charge in [0.2, 0.25) is 0 Å². The number of amides is 2. The zero-order chi connectivity index (χ0) is 14.4. The average molecular weight is 268 g/mol. The molecule has 2 unspecified atom stereocenters. The lowest BCUT2D eigenvalue weighted by atomic mass is 10.1. The second-order valence-electron chi connectivity index (χ2n) is 4.47. The Balaban J connectivity index is 2.41. The predicted octanol–water partition coefficient (Wildman–Crippen LogP) is 2.06. The van der Waals surface area contributed by atoms with E-state index in [1.165, 1.54) is 0 Å². The van der Waals surface area contributed by atoms with Crippen molar-refractivity contribution < 1.29 is 19.1 Å². The Bertz CT molecular complexity index is 442. The molecule has 106 valence electrons. The molecule has 2 atom stereocenters. The summed E-state index contributed by atoms with van der Waals surface area (Å²) in [4.78, 5) is 22.4. The lowest BCUT2D eigenvalue weighted by Gasteiger charge is -2.15. The molecule has 0 radical (unpaired) electrons. The molecule has 1 aromatic heterocycles. The largest absolute Gasteiger partial charge is 0.481 e. The number of carboxylic acid groups (broad SMARTS) is 1. The van der Waals surface area contributed by atoms with Gasteiger partial charge < -0.3 is 20.2 Å². The number of carbonyl (C=O) groups is 2. The molecule has 1 heterocycles. The SMILES string of the molecule is CCC(CNC(=O)NC(C)c1ccc(C)o1)C(=O)O. The van der Waals surface area contributed by atoms with Crippen LogP contribution in [-0.4, -0.2) is 23.7 Å². The highest BCUT2D eigenvalue weighted by Gasteiger charge is 2.17. The first kappa shape index (κ1) is 15.1. The van der Waals surface area contributed by atoms with E-state index < -0.39 is 17.9 Å². The standard InChI is InChI=1S/C13H20N2O4/c1-4-10(12(16)17)7-14-13(18)15-9(3)11-6-5-8(2)19-11/h5-6,9-10H,4,7H2,1-3H3,(H,16,17)(H2,14,15,18). The van der Waals surface area contributed by atoms with Crippen molar-refractivity contribution in [3.8, 4) is 0 Å². The van der Waals surface area contributed by atoms with E-state index in [1.54, 1.807) is 19.9 Å². The zero-order valence-electron chi connectivity index (χ0n) is 11.4. The molecule has 3 N–H and O–H groups in total. The molecule has 2 amide bonds. The summed E-state index contributed by atoms with van der Waals surface area (Å²) in [6.45, 7) is 5.51. The Labute approximate surface area is 112 Å². The number of carboxylic acids is 1. The van der Waals surface area contributed by atoms with Crippen LogP contribution in [-0.2, 0) is 4.79 Å². The number of hydrogen-bond acceptors (Lipinski definition) is 3. The van der Waals surface area contributed by atoms with Crippen LogP contribution < -0.4 is 10.6 Å². The second kappa shape index (κ2) is 6.82. The van der Waals surface area contributed by atoms with E-state index in [2.05, 4.69) is 10.6 Å². The molecule has 0 aliphatic carbocycles. The van der Waals surface area contributed by atoms with Gasteiger partial charge in [-0.05, 0) is 32.4 Å². The second-order valence-corrected chi connectivity index (χ2v) is 4.47. The van der Waals surface area contributed by atoms with Gasteiger partial charge in [0.1, 0.15) is 11.5 Å². The molecule has 0 aliphatic heterocycles. The molecule has 0 saturated carbocycles. The Morgan fingerprint density at radius 1 is 1.42 bits per heavy atom. The summed E-state index contributed by atoms with van der Waals surface area (Å²) in [6, 6.07) is 2.95. The van der Waals surface area contributed by atoms with E-state index in [4.69, 9.17) is 9.52 Å². The Morgan fingerprint density at radius 2 is 2.11 bits per heavy atom. The van der Waals surface area contributed by atoms with Gasteiger partial charge in [-0.15, -0.1) is 0 Å². The fourth-order valence-corrected chi connectivity index (χ4v) is 1.63.